The second-order valence-corrected chi connectivity index (χ2v) is 8.76. The van der Waals surface area contributed by atoms with Gasteiger partial charge in [-0.1, -0.05) is 24.3 Å². The van der Waals surface area contributed by atoms with E-state index in [1.807, 2.05) is 36.4 Å². The van der Waals surface area contributed by atoms with Gasteiger partial charge in [0.05, 0.1) is 18.9 Å². The predicted octanol–water partition coefficient (Wildman–Crippen LogP) is 2.33. The van der Waals surface area contributed by atoms with Crippen molar-refractivity contribution in [2.45, 2.75) is 12.7 Å². The zero-order chi connectivity index (χ0) is 25.2. The number of fused-ring (bicyclic) bond motifs is 1. The second-order valence-electron chi connectivity index (χ2n) is 8.76. The first-order chi connectivity index (χ1) is 17.5. The zero-order valence-electron chi connectivity index (χ0n) is 20.4. The van der Waals surface area contributed by atoms with Crippen molar-refractivity contribution in [3.8, 4) is 17.1 Å². The monoisotopic (exact) mass is 487 g/mol. The number of para-hydroxylation sites is 1. The predicted molar refractivity (Wildman–Crippen MR) is 138 cm³/mol. The molecule has 2 N–H and O–H groups in total. The van der Waals surface area contributed by atoms with Gasteiger partial charge in [-0.3, -0.25) is 9.69 Å². The quantitative estimate of drug-likeness (QED) is 0.547. The van der Waals surface area contributed by atoms with E-state index < -0.39 is 6.17 Å². The van der Waals surface area contributed by atoms with Gasteiger partial charge >= 0.3 is 6.03 Å². The molecule has 0 radical (unpaired) electrons. The van der Waals surface area contributed by atoms with Gasteiger partial charge in [0.15, 0.2) is 24.1 Å². The lowest BCUT2D eigenvalue weighted by Gasteiger charge is -2.38. The Morgan fingerprint density at radius 1 is 1.11 bits per heavy atom. The molecular weight excluding hydrogens is 458 g/mol. The van der Waals surface area contributed by atoms with Crippen LogP contribution in [-0.4, -0.2) is 73.7 Å². The standard InChI is InChI=1S/C26H29N7O3/c1-30-23(17-34)33(21-16-28-24(29-25(21)30)20-5-3-4-6-22(20)36-2)26(35)32-13-11-31(12-14-32)19-9-7-18(15-27)8-10-19/h3-10,16-17,23H,11-15,27H2,1-2H3. The third kappa shape index (κ3) is 4.09. The lowest BCUT2D eigenvalue weighted by molar-refractivity contribution is -0.108. The molecule has 1 saturated heterocycles. The molecule has 2 amide bonds. The normalized spacial score (nSPS) is 17.2. The average Bonchev–Trinajstić information content (AvgIpc) is 3.23. The van der Waals surface area contributed by atoms with Crippen LogP contribution in [0.1, 0.15) is 5.56 Å². The number of aromatic nitrogens is 2. The van der Waals surface area contributed by atoms with E-state index in [-0.39, 0.29) is 6.03 Å². The zero-order valence-corrected chi connectivity index (χ0v) is 20.4. The largest absolute Gasteiger partial charge is 0.496 e. The van der Waals surface area contributed by atoms with Crippen molar-refractivity contribution < 1.29 is 14.3 Å². The van der Waals surface area contributed by atoms with E-state index in [4.69, 9.17) is 15.5 Å². The minimum Gasteiger partial charge on any atom is -0.496 e. The first-order valence-electron chi connectivity index (χ1n) is 11.9. The molecule has 1 fully saturated rings. The van der Waals surface area contributed by atoms with Crippen LogP contribution >= 0.6 is 0 Å². The number of likely N-dealkylation sites (N-methyl/N-ethyl adjacent to an activating group) is 1. The topological polar surface area (TPSA) is 108 Å². The van der Waals surface area contributed by atoms with Crippen molar-refractivity contribution in [1.82, 2.24) is 14.9 Å². The summed E-state index contributed by atoms with van der Waals surface area (Å²) in [7, 11) is 3.35. The molecule has 1 atom stereocenters. The van der Waals surface area contributed by atoms with Crippen molar-refractivity contribution in [1.29, 1.82) is 0 Å². The maximum atomic E-state index is 13.6. The van der Waals surface area contributed by atoms with Crippen LogP contribution in [0.2, 0.25) is 0 Å². The highest BCUT2D eigenvalue weighted by atomic mass is 16.5. The van der Waals surface area contributed by atoms with Crippen LogP contribution in [0.3, 0.4) is 0 Å². The van der Waals surface area contributed by atoms with E-state index in [1.54, 1.807) is 30.2 Å². The summed E-state index contributed by atoms with van der Waals surface area (Å²) < 4.78 is 5.45. The third-order valence-electron chi connectivity index (χ3n) is 6.77. The summed E-state index contributed by atoms with van der Waals surface area (Å²) in [6.45, 7) is 2.98. The molecular formula is C26H29N7O3. The highest BCUT2D eigenvalue weighted by Gasteiger charge is 2.41. The molecule has 2 aromatic carbocycles. The molecule has 1 aromatic heterocycles. The average molecular weight is 488 g/mol. The van der Waals surface area contributed by atoms with E-state index in [2.05, 4.69) is 22.0 Å². The number of urea groups is 1. The van der Waals surface area contributed by atoms with Crippen LogP contribution in [0.4, 0.5) is 22.0 Å². The molecule has 1 unspecified atom stereocenters. The lowest BCUT2D eigenvalue weighted by Crippen LogP contribution is -2.56. The molecule has 2 aliphatic heterocycles. The van der Waals surface area contributed by atoms with Gasteiger partial charge in [0.2, 0.25) is 0 Å². The Bertz CT molecular complexity index is 1260. The van der Waals surface area contributed by atoms with E-state index in [1.165, 1.54) is 4.90 Å². The van der Waals surface area contributed by atoms with Crippen LogP contribution in [0.5, 0.6) is 5.75 Å². The fourth-order valence-electron chi connectivity index (χ4n) is 4.72. The van der Waals surface area contributed by atoms with E-state index >= 15 is 0 Å². The van der Waals surface area contributed by atoms with Crippen molar-refractivity contribution in [2.24, 2.45) is 5.73 Å². The summed E-state index contributed by atoms with van der Waals surface area (Å²) >= 11 is 0. The van der Waals surface area contributed by atoms with E-state index in [0.717, 1.165) is 23.1 Å². The molecule has 5 rings (SSSR count). The highest BCUT2D eigenvalue weighted by Crippen LogP contribution is 2.39. The maximum Gasteiger partial charge on any atom is 0.326 e. The summed E-state index contributed by atoms with van der Waals surface area (Å²) in [6.07, 6.45) is 1.58. The number of carbonyl (C=O) groups is 2. The Kier molecular flexibility index (Phi) is 6.43. The van der Waals surface area contributed by atoms with Crippen molar-refractivity contribution in [2.75, 3.05) is 55.0 Å². The first kappa shape index (κ1) is 23.6. The molecule has 2 aliphatic rings. The van der Waals surface area contributed by atoms with E-state index in [0.29, 0.717) is 55.8 Å². The molecule has 3 aromatic rings. The van der Waals surface area contributed by atoms with Crippen molar-refractivity contribution in [3.05, 3.63) is 60.3 Å². The van der Waals surface area contributed by atoms with Gasteiger partial charge in [0.25, 0.3) is 0 Å². The number of amides is 2. The molecule has 0 aliphatic carbocycles. The van der Waals surface area contributed by atoms with Gasteiger partial charge in [-0.15, -0.1) is 0 Å². The number of hydrogen-bond donors (Lipinski definition) is 1. The number of ether oxygens (including phenoxy) is 1. The van der Waals surface area contributed by atoms with Gasteiger partial charge < -0.3 is 25.2 Å². The third-order valence-corrected chi connectivity index (χ3v) is 6.77. The van der Waals surface area contributed by atoms with E-state index in [9.17, 15) is 9.59 Å². The number of rotatable bonds is 5. The van der Waals surface area contributed by atoms with Crippen molar-refractivity contribution >= 4 is 29.5 Å². The van der Waals surface area contributed by atoms with Crippen LogP contribution < -0.4 is 25.2 Å². The highest BCUT2D eigenvalue weighted by molar-refractivity contribution is 6.03. The number of nitrogens with zero attached hydrogens (tertiary/aromatic N) is 6. The first-order valence-corrected chi connectivity index (χ1v) is 11.9. The van der Waals surface area contributed by atoms with Crippen LogP contribution in [0, 0.1) is 0 Å². The van der Waals surface area contributed by atoms with Crippen LogP contribution in [0.25, 0.3) is 11.4 Å². The SMILES string of the molecule is COc1ccccc1-c1ncc2c(n1)N(C)C(C=O)N2C(=O)N1CCN(c2ccc(CN)cc2)CC1. The van der Waals surface area contributed by atoms with Gasteiger partial charge in [-0.05, 0) is 29.8 Å². The number of piperazine rings is 1. The lowest BCUT2D eigenvalue weighted by atomic mass is 10.2. The number of methoxy groups -OCH3 is 1. The summed E-state index contributed by atoms with van der Waals surface area (Å²) in [5.74, 6) is 1.63. The summed E-state index contributed by atoms with van der Waals surface area (Å²) in [6, 6.07) is 15.4. The molecule has 3 heterocycles. The fourth-order valence-corrected chi connectivity index (χ4v) is 4.72. The minimum atomic E-state index is -0.795. The molecule has 10 heteroatoms. The molecule has 36 heavy (non-hydrogen) atoms. The molecule has 10 nitrogen and oxygen atoms in total. The number of carbonyl (C=O) groups excluding carboxylic acids is 2. The Balaban J connectivity index is 1.36. The maximum absolute atomic E-state index is 13.6. The fraction of sp³-hybridized carbons (Fsp3) is 0.308. The van der Waals surface area contributed by atoms with Crippen LogP contribution in [0.15, 0.2) is 54.7 Å². The van der Waals surface area contributed by atoms with Gasteiger partial charge in [-0.2, -0.15) is 0 Å². The summed E-state index contributed by atoms with van der Waals surface area (Å²) in [5.41, 5.74) is 9.14. The molecule has 0 bridgehead atoms. The number of hydrogen-bond acceptors (Lipinski definition) is 8. The Morgan fingerprint density at radius 2 is 1.83 bits per heavy atom. The van der Waals surface area contributed by atoms with Crippen molar-refractivity contribution in [3.63, 3.8) is 0 Å². The van der Waals surface area contributed by atoms with Gasteiger partial charge in [0.1, 0.15) is 11.4 Å². The molecule has 0 spiro atoms. The minimum absolute atomic E-state index is 0.232. The number of anilines is 3. The Morgan fingerprint density at radius 3 is 2.50 bits per heavy atom. The number of aldehydes is 1. The number of benzene rings is 2. The van der Waals surface area contributed by atoms with Crippen LogP contribution in [-0.2, 0) is 11.3 Å². The smallest absolute Gasteiger partial charge is 0.326 e. The molecule has 186 valence electrons. The second kappa shape index (κ2) is 9.82. The summed E-state index contributed by atoms with van der Waals surface area (Å²) in [5, 5.41) is 0. The Hall–Kier alpha value is -4.18. The Labute approximate surface area is 209 Å². The summed E-state index contributed by atoms with van der Waals surface area (Å²) in [4.78, 5) is 42.1. The van der Waals surface area contributed by atoms with Gasteiger partial charge in [0, 0.05) is 45.5 Å². The molecule has 0 saturated carbocycles. The van der Waals surface area contributed by atoms with Gasteiger partial charge in [-0.25, -0.2) is 14.8 Å². The number of nitrogens with two attached hydrogens (primary N) is 1.